The number of amides is 1. The van der Waals surface area contributed by atoms with Crippen LogP contribution in [0.1, 0.15) is 10.6 Å². The Labute approximate surface area is 120 Å². The number of hydrogen-bond acceptors (Lipinski definition) is 5. The van der Waals surface area contributed by atoms with E-state index in [0.29, 0.717) is 21.8 Å². The number of alkyl halides is 3. The van der Waals surface area contributed by atoms with Gasteiger partial charge in [0, 0.05) is 12.3 Å². The topological polar surface area (TPSA) is 76.9 Å². The molecule has 2 rings (SSSR count). The number of nitrogens with one attached hydrogen (secondary N) is 1. The van der Waals surface area contributed by atoms with Crippen LogP contribution in [0.15, 0.2) is 23.1 Å². The van der Waals surface area contributed by atoms with Gasteiger partial charge in [-0.1, -0.05) is 11.3 Å². The standard InChI is InChI=1S/C11H9F3N4O2S/c1-6-16-17-10(21-6)15-8(19)5-18-4-7(11(12,13)14)2-3-9(18)20/h2-4H,5H2,1H3,(H,15,17,19). The molecule has 2 aromatic rings. The summed E-state index contributed by atoms with van der Waals surface area (Å²) in [6.45, 7) is 1.14. The van der Waals surface area contributed by atoms with Crippen molar-refractivity contribution in [3.8, 4) is 0 Å². The molecule has 2 aromatic heterocycles. The molecule has 21 heavy (non-hydrogen) atoms. The van der Waals surface area contributed by atoms with Crippen LogP contribution >= 0.6 is 11.3 Å². The summed E-state index contributed by atoms with van der Waals surface area (Å²) in [6.07, 6.45) is -3.98. The molecule has 0 radical (unpaired) electrons. The summed E-state index contributed by atoms with van der Waals surface area (Å²) >= 11 is 1.12. The minimum atomic E-state index is -4.58. The Morgan fingerprint density at radius 3 is 2.67 bits per heavy atom. The maximum Gasteiger partial charge on any atom is 0.417 e. The van der Waals surface area contributed by atoms with Crippen LogP contribution in [0.25, 0.3) is 0 Å². The van der Waals surface area contributed by atoms with Crippen molar-refractivity contribution >= 4 is 22.4 Å². The first-order valence-electron chi connectivity index (χ1n) is 5.63. The molecule has 6 nitrogen and oxygen atoms in total. The number of carbonyl (C=O) groups is 1. The number of pyridine rings is 1. The molecule has 0 aliphatic heterocycles. The summed E-state index contributed by atoms with van der Waals surface area (Å²) in [4.78, 5) is 23.2. The number of anilines is 1. The lowest BCUT2D eigenvalue weighted by molar-refractivity contribution is -0.138. The smallest absolute Gasteiger partial charge is 0.305 e. The monoisotopic (exact) mass is 318 g/mol. The minimum absolute atomic E-state index is 0.220. The number of halogens is 3. The molecule has 0 aromatic carbocycles. The van der Waals surface area contributed by atoms with Gasteiger partial charge in [0.2, 0.25) is 11.0 Å². The van der Waals surface area contributed by atoms with Gasteiger partial charge in [0.25, 0.3) is 5.56 Å². The first-order valence-corrected chi connectivity index (χ1v) is 6.45. The molecule has 0 aliphatic carbocycles. The highest BCUT2D eigenvalue weighted by molar-refractivity contribution is 7.15. The average Bonchev–Trinajstić information content (AvgIpc) is 2.76. The van der Waals surface area contributed by atoms with E-state index >= 15 is 0 Å². The van der Waals surface area contributed by atoms with E-state index in [2.05, 4.69) is 15.5 Å². The number of hydrogen-bond donors (Lipinski definition) is 1. The van der Waals surface area contributed by atoms with Crippen LogP contribution in [0.4, 0.5) is 18.3 Å². The van der Waals surface area contributed by atoms with E-state index < -0.39 is 29.8 Å². The van der Waals surface area contributed by atoms with E-state index in [1.54, 1.807) is 6.92 Å². The number of carbonyl (C=O) groups excluding carboxylic acids is 1. The fourth-order valence-electron chi connectivity index (χ4n) is 1.48. The van der Waals surface area contributed by atoms with Gasteiger partial charge in [0.15, 0.2) is 0 Å². The Hall–Kier alpha value is -2.23. The molecule has 1 amide bonds. The number of rotatable bonds is 3. The molecule has 0 saturated carbocycles. The van der Waals surface area contributed by atoms with Crippen LogP contribution in [-0.2, 0) is 17.5 Å². The first-order chi connectivity index (χ1) is 9.75. The fourth-order valence-corrected chi connectivity index (χ4v) is 2.09. The van der Waals surface area contributed by atoms with Gasteiger partial charge in [-0.2, -0.15) is 13.2 Å². The SMILES string of the molecule is Cc1nnc(NC(=O)Cn2cc(C(F)(F)F)ccc2=O)s1. The maximum absolute atomic E-state index is 12.6. The zero-order chi connectivity index (χ0) is 15.6. The molecule has 2 heterocycles. The summed E-state index contributed by atoms with van der Waals surface area (Å²) in [6, 6.07) is 1.44. The molecule has 0 saturated heterocycles. The van der Waals surface area contributed by atoms with E-state index in [0.717, 1.165) is 17.4 Å². The lowest BCUT2D eigenvalue weighted by atomic mass is 10.3. The summed E-state index contributed by atoms with van der Waals surface area (Å²) < 4.78 is 38.3. The van der Waals surface area contributed by atoms with E-state index in [1.165, 1.54) is 0 Å². The second kappa shape index (κ2) is 5.64. The van der Waals surface area contributed by atoms with Crippen molar-refractivity contribution in [1.29, 1.82) is 0 Å². The predicted octanol–water partition coefficient (Wildman–Crippen LogP) is 1.67. The quantitative estimate of drug-likeness (QED) is 0.934. The van der Waals surface area contributed by atoms with Gasteiger partial charge in [0.1, 0.15) is 11.6 Å². The number of aromatic nitrogens is 3. The summed E-state index contributed by atoms with van der Waals surface area (Å²) in [7, 11) is 0. The lowest BCUT2D eigenvalue weighted by Gasteiger charge is -2.10. The Balaban J connectivity index is 2.15. The normalized spacial score (nSPS) is 11.4. The number of nitrogens with zero attached hydrogens (tertiary/aromatic N) is 3. The Morgan fingerprint density at radius 1 is 1.38 bits per heavy atom. The van der Waals surface area contributed by atoms with Crippen molar-refractivity contribution in [2.24, 2.45) is 0 Å². The summed E-state index contributed by atoms with van der Waals surface area (Å²) in [5, 5.41) is 10.5. The minimum Gasteiger partial charge on any atom is -0.305 e. The van der Waals surface area contributed by atoms with Crippen molar-refractivity contribution in [2.75, 3.05) is 5.32 Å². The third kappa shape index (κ3) is 3.88. The zero-order valence-corrected chi connectivity index (χ0v) is 11.5. The molecule has 0 atom stereocenters. The van der Waals surface area contributed by atoms with Crippen molar-refractivity contribution in [3.63, 3.8) is 0 Å². The predicted molar refractivity (Wildman–Crippen MR) is 69.0 cm³/mol. The summed E-state index contributed by atoms with van der Waals surface area (Å²) in [5.74, 6) is -0.660. The van der Waals surface area contributed by atoms with Gasteiger partial charge in [0.05, 0.1) is 5.56 Å². The van der Waals surface area contributed by atoms with Crippen molar-refractivity contribution < 1.29 is 18.0 Å². The molecule has 1 N–H and O–H groups in total. The Morgan fingerprint density at radius 2 is 2.10 bits per heavy atom. The third-order valence-corrected chi connectivity index (χ3v) is 3.15. The van der Waals surface area contributed by atoms with Crippen LogP contribution in [0.3, 0.4) is 0 Å². The van der Waals surface area contributed by atoms with Gasteiger partial charge in [-0.25, -0.2) is 0 Å². The third-order valence-electron chi connectivity index (χ3n) is 2.40. The van der Waals surface area contributed by atoms with Crippen LogP contribution < -0.4 is 10.9 Å². The molecular formula is C11H9F3N4O2S. The fraction of sp³-hybridized carbons (Fsp3) is 0.273. The van der Waals surface area contributed by atoms with Gasteiger partial charge in [-0.3, -0.25) is 14.9 Å². The second-order valence-corrected chi connectivity index (χ2v) is 5.24. The van der Waals surface area contributed by atoms with Crippen LogP contribution in [0, 0.1) is 6.92 Å². The molecule has 0 fully saturated rings. The van der Waals surface area contributed by atoms with Gasteiger partial charge < -0.3 is 4.57 Å². The number of aryl methyl sites for hydroxylation is 1. The average molecular weight is 318 g/mol. The molecular weight excluding hydrogens is 309 g/mol. The summed E-state index contributed by atoms with van der Waals surface area (Å²) in [5.41, 5.74) is -1.70. The maximum atomic E-state index is 12.6. The zero-order valence-electron chi connectivity index (χ0n) is 10.6. The van der Waals surface area contributed by atoms with Crippen LogP contribution in [-0.4, -0.2) is 20.7 Å². The highest BCUT2D eigenvalue weighted by Crippen LogP contribution is 2.28. The van der Waals surface area contributed by atoms with Crippen molar-refractivity contribution in [2.45, 2.75) is 19.6 Å². The molecule has 112 valence electrons. The van der Waals surface area contributed by atoms with Crippen molar-refractivity contribution in [3.05, 3.63) is 39.3 Å². The Kier molecular flexibility index (Phi) is 4.07. The molecule has 10 heteroatoms. The second-order valence-electron chi connectivity index (χ2n) is 4.06. The largest absolute Gasteiger partial charge is 0.417 e. The highest BCUT2D eigenvalue weighted by Gasteiger charge is 2.31. The lowest BCUT2D eigenvalue weighted by Crippen LogP contribution is -2.28. The van der Waals surface area contributed by atoms with Gasteiger partial charge >= 0.3 is 6.18 Å². The molecule has 0 unspecified atom stereocenters. The highest BCUT2D eigenvalue weighted by atomic mass is 32.1. The van der Waals surface area contributed by atoms with Gasteiger partial charge in [-0.05, 0) is 13.0 Å². The van der Waals surface area contributed by atoms with Crippen LogP contribution in [0.2, 0.25) is 0 Å². The van der Waals surface area contributed by atoms with Crippen LogP contribution in [0.5, 0.6) is 0 Å². The van der Waals surface area contributed by atoms with Crippen molar-refractivity contribution in [1.82, 2.24) is 14.8 Å². The Bertz CT molecular complexity index is 723. The molecule has 0 aliphatic rings. The van der Waals surface area contributed by atoms with Gasteiger partial charge in [-0.15, -0.1) is 10.2 Å². The molecule has 0 bridgehead atoms. The van der Waals surface area contributed by atoms with E-state index in [9.17, 15) is 22.8 Å². The molecule has 0 spiro atoms. The van der Waals surface area contributed by atoms with E-state index in [4.69, 9.17) is 0 Å². The first kappa shape index (κ1) is 15.2. The van der Waals surface area contributed by atoms with E-state index in [1.807, 2.05) is 0 Å². The van der Waals surface area contributed by atoms with E-state index in [-0.39, 0.29) is 5.13 Å².